The van der Waals surface area contributed by atoms with E-state index in [9.17, 15) is 22.4 Å². The van der Waals surface area contributed by atoms with Gasteiger partial charge in [-0.05, 0) is 30.3 Å². The molecule has 0 unspecified atom stereocenters. The minimum atomic E-state index is -4.43. The van der Waals surface area contributed by atoms with Gasteiger partial charge in [-0.3, -0.25) is 4.79 Å². The standard InChI is InChI=1S/C17H14ClF4N3O/c18-14-9-12(19)2-3-13(14)16(26)25-7-5-24(6-8-25)15-4-1-11(10-23-15)17(20,21)22/h1-4,9-10H,5-8H2. The van der Waals surface area contributed by atoms with Crippen LogP contribution >= 0.6 is 11.6 Å². The van der Waals surface area contributed by atoms with Crippen LogP contribution in [0.5, 0.6) is 0 Å². The zero-order chi connectivity index (χ0) is 18.9. The second kappa shape index (κ2) is 7.11. The molecule has 4 nitrogen and oxygen atoms in total. The minimum absolute atomic E-state index is 0.0434. The third-order valence-electron chi connectivity index (χ3n) is 4.13. The third kappa shape index (κ3) is 3.90. The highest BCUT2D eigenvalue weighted by atomic mass is 35.5. The van der Waals surface area contributed by atoms with Crippen LogP contribution in [-0.4, -0.2) is 42.0 Å². The Morgan fingerprint density at radius 1 is 1.08 bits per heavy atom. The van der Waals surface area contributed by atoms with Crippen molar-refractivity contribution in [3.8, 4) is 0 Å². The number of alkyl halides is 3. The van der Waals surface area contributed by atoms with E-state index in [2.05, 4.69) is 4.98 Å². The summed E-state index contributed by atoms with van der Waals surface area (Å²) in [6, 6.07) is 5.89. The zero-order valence-electron chi connectivity index (χ0n) is 13.4. The average molecular weight is 388 g/mol. The fraction of sp³-hybridized carbons (Fsp3) is 0.294. The molecule has 1 aromatic carbocycles. The topological polar surface area (TPSA) is 36.4 Å². The summed E-state index contributed by atoms with van der Waals surface area (Å²) in [7, 11) is 0. The lowest BCUT2D eigenvalue weighted by Crippen LogP contribution is -2.49. The van der Waals surface area contributed by atoms with E-state index in [0.717, 1.165) is 18.3 Å². The fourth-order valence-corrected chi connectivity index (χ4v) is 2.96. The highest BCUT2D eigenvalue weighted by Crippen LogP contribution is 2.29. The first-order valence-electron chi connectivity index (χ1n) is 7.78. The molecule has 9 heteroatoms. The van der Waals surface area contributed by atoms with Crippen LogP contribution in [0.2, 0.25) is 5.02 Å². The Morgan fingerprint density at radius 3 is 2.31 bits per heavy atom. The molecule has 2 aromatic rings. The average Bonchev–Trinajstić information content (AvgIpc) is 2.61. The molecule has 0 bridgehead atoms. The summed E-state index contributed by atoms with van der Waals surface area (Å²) in [5.41, 5.74) is -0.588. The van der Waals surface area contributed by atoms with Crippen molar-refractivity contribution in [3.63, 3.8) is 0 Å². The molecule has 138 valence electrons. The monoisotopic (exact) mass is 387 g/mol. The van der Waals surface area contributed by atoms with Gasteiger partial charge < -0.3 is 9.80 Å². The van der Waals surface area contributed by atoms with Gasteiger partial charge in [0, 0.05) is 32.4 Å². The number of amides is 1. The number of anilines is 1. The number of benzene rings is 1. The Labute approximate surface area is 152 Å². The van der Waals surface area contributed by atoms with Gasteiger partial charge in [-0.25, -0.2) is 9.37 Å². The smallest absolute Gasteiger partial charge is 0.353 e. The summed E-state index contributed by atoms with van der Waals surface area (Å²) in [6.07, 6.45) is -3.63. The number of aromatic nitrogens is 1. The van der Waals surface area contributed by atoms with Crippen molar-refractivity contribution in [1.82, 2.24) is 9.88 Å². The molecular weight excluding hydrogens is 374 g/mol. The quantitative estimate of drug-likeness (QED) is 0.734. The van der Waals surface area contributed by atoms with E-state index in [0.29, 0.717) is 32.0 Å². The van der Waals surface area contributed by atoms with Gasteiger partial charge in [0.1, 0.15) is 11.6 Å². The van der Waals surface area contributed by atoms with E-state index in [-0.39, 0.29) is 16.5 Å². The van der Waals surface area contributed by atoms with E-state index in [4.69, 9.17) is 11.6 Å². The first kappa shape index (κ1) is 18.4. The largest absolute Gasteiger partial charge is 0.417 e. The van der Waals surface area contributed by atoms with Gasteiger partial charge in [0.05, 0.1) is 16.1 Å². The number of hydrogen-bond acceptors (Lipinski definition) is 3. The van der Waals surface area contributed by atoms with Gasteiger partial charge >= 0.3 is 6.18 Å². The van der Waals surface area contributed by atoms with Gasteiger partial charge in [-0.15, -0.1) is 0 Å². The number of carbonyl (C=O) groups is 1. The Bertz CT molecular complexity index is 803. The minimum Gasteiger partial charge on any atom is -0.353 e. The predicted molar refractivity (Wildman–Crippen MR) is 88.8 cm³/mol. The summed E-state index contributed by atoms with van der Waals surface area (Å²) >= 11 is 5.92. The van der Waals surface area contributed by atoms with E-state index in [1.165, 1.54) is 18.2 Å². The van der Waals surface area contributed by atoms with Crippen molar-refractivity contribution < 1.29 is 22.4 Å². The zero-order valence-corrected chi connectivity index (χ0v) is 14.2. The highest BCUT2D eigenvalue weighted by Gasteiger charge is 2.31. The van der Waals surface area contributed by atoms with Crippen LogP contribution in [0.1, 0.15) is 15.9 Å². The molecule has 2 heterocycles. The van der Waals surface area contributed by atoms with Gasteiger partial charge in [0.2, 0.25) is 0 Å². The van der Waals surface area contributed by atoms with Crippen LogP contribution in [0.15, 0.2) is 36.5 Å². The number of carbonyl (C=O) groups excluding carboxylic acids is 1. The third-order valence-corrected chi connectivity index (χ3v) is 4.44. The SMILES string of the molecule is O=C(c1ccc(F)cc1Cl)N1CCN(c2ccc(C(F)(F)F)cn2)CC1. The van der Waals surface area contributed by atoms with Crippen LogP contribution in [-0.2, 0) is 6.18 Å². The normalized spacial score (nSPS) is 15.3. The van der Waals surface area contributed by atoms with Gasteiger partial charge in [-0.1, -0.05) is 11.6 Å². The Morgan fingerprint density at radius 2 is 1.77 bits per heavy atom. The first-order valence-corrected chi connectivity index (χ1v) is 8.16. The molecule has 0 radical (unpaired) electrons. The first-order chi connectivity index (χ1) is 12.3. The number of piperazine rings is 1. The van der Waals surface area contributed by atoms with Crippen molar-refractivity contribution >= 4 is 23.3 Å². The molecule has 0 saturated carbocycles. The van der Waals surface area contributed by atoms with Crippen LogP contribution in [0.25, 0.3) is 0 Å². The number of nitrogens with zero attached hydrogens (tertiary/aromatic N) is 3. The predicted octanol–water partition coefficient (Wildman–Crippen LogP) is 3.86. The Kier molecular flexibility index (Phi) is 5.04. The molecule has 0 aliphatic carbocycles. The summed E-state index contributed by atoms with van der Waals surface area (Å²) in [4.78, 5) is 19.7. The Hall–Kier alpha value is -2.35. The van der Waals surface area contributed by atoms with Crippen molar-refractivity contribution in [3.05, 3.63) is 58.5 Å². The molecule has 1 aromatic heterocycles. The summed E-state index contributed by atoms with van der Waals surface area (Å²) < 4.78 is 50.9. The van der Waals surface area contributed by atoms with Crippen LogP contribution in [0, 0.1) is 5.82 Å². The van der Waals surface area contributed by atoms with E-state index in [1.807, 2.05) is 0 Å². The van der Waals surface area contributed by atoms with E-state index < -0.39 is 17.6 Å². The van der Waals surface area contributed by atoms with Crippen molar-refractivity contribution in [2.45, 2.75) is 6.18 Å². The van der Waals surface area contributed by atoms with E-state index >= 15 is 0 Å². The molecular formula is C17H14ClF4N3O. The molecule has 0 N–H and O–H groups in total. The lowest BCUT2D eigenvalue weighted by molar-refractivity contribution is -0.137. The maximum atomic E-state index is 13.1. The summed E-state index contributed by atoms with van der Waals surface area (Å²) in [5.74, 6) is -0.412. The number of rotatable bonds is 2. The van der Waals surface area contributed by atoms with Crippen LogP contribution < -0.4 is 4.90 Å². The van der Waals surface area contributed by atoms with Crippen molar-refractivity contribution in [2.24, 2.45) is 0 Å². The van der Waals surface area contributed by atoms with Crippen LogP contribution in [0.4, 0.5) is 23.4 Å². The molecule has 0 spiro atoms. The molecule has 3 rings (SSSR count). The fourth-order valence-electron chi connectivity index (χ4n) is 2.71. The van der Waals surface area contributed by atoms with E-state index in [1.54, 1.807) is 9.80 Å². The Balaban J connectivity index is 1.64. The lowest BCUT2D eigenvalue weighted by Gasteiger charge is -2.35. The molecule has 1 amide bonds. The van der Waals surface area contributed by atoms with Crippen molar-refractivity contribution in [1.29, 1.82) is 0 Å². The molecule has 1 aliphatic heterocycles. The second-order valence-electron chi connectivity index (χ2n) is 5.81. The molecule has 1 saturated heterocycles. The highest BCUT2D eigenvalue weighted by molar-refractivity contribution is 6.33. The molecule has 1 fully saturated rings. The van der Waals surface area contributed by atoms with Crippen molar-refractivity contribution in [2.75, 3.05) is 31.1 Å². The molecule has 26 heavy (non-hydrogen) atoms. The van der Waals surface area contributed by atoms with Gasteiger partial charge in [0.25, 0.3) is 5.91 Å². The number of halogens is 5. The second-order valence-corrected chi connectivity index (χ2v) is 6.21. The van der Waals surface area contributed by atoms with Crippen LogP contribution in [0.3, 0.4) is 0 Å². The molecule has 0 atom stereocenters. The molecule has 1 aliphatic rings. The van der Waals surface area contributed by atoms with Gasteiger partial charge in [0.15, 0.2) is 0 Å². The summed E-state index contributed by atoms with van der Waals surface area (Å²) in [6.45, 7) is 1.55. The lowest BCUT2D eigenvalue weighted by atomic mass is 10.1. The maximum absolute atomic E-state index is 13.1. The number of pyridine rings is 1. The van der Waals surface area contributed by atoms with Gasteiger partial charge in [-0.2, -0.15) is 13.2 Å². The number of hydrogen-bond donors (Lipinski definition) is 0. The maximum Gasteiger partial charge on any atom is 0.417 e. The summed E-state index contributed by atoms with van der Waals surface area (Å²) in [5, 5.41) is 0.0434.